The van der Waals surface area contributed by atoms with E-state index in [9.17, 15) is 13.2 Å². The summed E-state index contributed by atoms with van der Waals surface area (Å²) in [5, 5.41) is 8.45. The van der Waals surface area contributed by atoms with Gasteiger partial charge < -0.3 is 9.84 Å². The third kappa shape index (κ3) is 5.30. The predicted molar refractivity (Wildman–Crippen MR) is 72.8 cm³/mol. The fraction of sp³-hybridized carbons (Fsp3) is 0.308. The molecule has 0 spiro atoms. The first-order chi connectivity index (χ1) is 9.45. The summed E-state index contributed by atoms with van der Waals surface area (Å²) in [4.78, 5) is 10.4. The van der Waals surface area contributed by atoms with E-state index in [1.165, 1.54) is 24.3 Å². The van der Waals surface area contributed by atoms with Gasteiger partial charge in [-0.25, -0.2) is 17.9 Å². The number of carbonyl (C=O) groups is 1. The fourth-order valence-corrected chi connectivity index (χ4v) is 2.41. The molecule has 0 fully saturated rings. The normalized spacial score (nSPS) is 10.8. The Labute approximate surface area is 117 Å². The summed E-state index contributed by atoms with van der Waals surface area (Å²) in [5.74, 6) is 1.62. The number of hydrogen-bond acceptors (Lipinski definition) is 4. The molecule has 7 heteroatoms. The molecule has 1 rings (SSSR count). The summed E-state index contributed by atoms with van der Waals surface area (Å²) in [6, 6.07) is 5.50. The molecule has 0 aromatic heterocycles. The minimum absolute atomic E-state index is 0.0842. The molecule has 1 aromatic rings. The Balaban J connectivity index is 2.62. The third-order valence-corrected chi connectivity index (χ3v) is 3.76. The Morgan fingerprint density at radius 3 is 2.55 bits per heavy atom. The van der Waals surface area contributed by atoms with Crippen molar-refractivity contribution in [2.24, 2.45) is 0 Å². The molecule has 6 nitrogen and oxygen atoms in total. The van der Waals surface area contributed by atoms with Gasteiger partial charge in [-0.15, -0.1) is 12.3 Å². The number of nitrogens with one attached hydrogen (secondary N) is 1. The molecule has 0 aliphatic rings. The maximum Gasteiger partial charge on any atom is 0.341 e. The zero-order valence-electron chi connectivity index (χ0n) is 10.7. The summed E-state index contributed by atoms with van der Waals surface area (Å²) in [5.41, 5.74) is 0. The van der Waals surface area contributed by atoms with Crippen molar-refractivity contribution in [2.75, 3.05) is 13.2 Å². The van der Waals surface area contributed by atoms with E-state index in [1.54, 1.807) is 0 Å². The first-order valence-electron chi connectivity index (χ1n) is 5.83. The maximum absolute atomic E-state index is 11.9. The minimum atomic E-state index is -3.58. The Bertz CT molecular complexity index is 586. The van der Waals surface area contributed by atoms with E-state index in [0.29, 0.717) is 18.6 Å². The first kappa shape index (κ1) is 16.0. The van der Waals surface area contributed by atoms with Crippen LogP contribution in [0, 0.1) is 12.3 Å². The van der Waals surface area contributed by atoms with Crippen LogP contribution in [0.5, 0.6) is 5.75 Å². The van der Waals surface area contributed by atoms with Crippen LogP contribution in [0.4, 0.5) is 0 Å². The predicted octanol–water partition coefficient (Wildman–Crippen LogP) is 0.842. The van der Waals surface area contributed by atoms with Crippen molar-refractivity contribution in [1.82, 2.24) is 4.72 Å². The third-order valence-electron chi connectivity index (χ3n) is 2.29. The number of carboxylic acids is 1. The molecule has 2 N–H and O–H groups in total. The second-order valence-corrected chi connectivity index (χ2v) is 5.63. The zero-order chi connectivity index (χ0) is 15.0. The molecule has 0 bridgehead atoms. The van der Waals surface area contributed by atoms with Crippen molar-refractivity contribution in [3.05, 3.63) is 24.3 Å². The summed E-state index contributed by atoms with van der Waals surface area (Å²) in [6.07, 6.45) is 6.14. The van der Waals surface area contributed by atoms with Gasteiger partial charge in [0.1, 0.15) is 5.75 Å². The van der Waals surface area contributed by atoms with Gasteiger partial charge in [0.25, 0.3) is 0 Å². The van der Waals surface area contributed by atoms with Gasteiger partial charge in [0.15, 0.2) is 6.61 Å². The average Bonchev–Trinajstić information content (AvgIpc) is 2.42. The molecular weight excluding hydrogens is 282 g/mol. The van der Waals surface area contributed by atoms with E-state index in [2.05, 4.69) is 10.6 Å². The van der Waals surface area contributed by atoms with Crippen LogP contribution in [0.25, 0.3) is 0 Å². The Hall–Kier alpha value is -2.04. The quantitative estimate of drug-likeness (QED) is 0.548. The lowest BCUT2D eigenvalue weighted by Crippen LogP contribution is -2.24. The summed E-state index contributed by atoms with van der Waals surface area (Å²) < 4.78 is 31.1. The van der Waals surface area contributed by atoms with Crippen LogP contribution >= 0.6 is 0 Å². The first-order valence-corrected chi connectivity index (χ1v) is 7.32. The minimum Gasteiger partial charge on any atom is -0.482 e. The Morgan fingerprint density at radius 1 is 1.35 bits per heavy atom. The fourth-order valence-electron chi connectivity index (χ4n) is 1.34. The zero-order valence-corrected chi connectivity index (χ0v) is 11.5. The van der Waals surface area contributed by atoms with Gasteiger partial charge in [0.05, 0.1) is 4.90 Å². The van der Waals surface area contributed by atoms with Crippen LogP contribution < -0.4 is 9.46 Å². The molecule has 0 radical (unpaired) electrons. The van der Waals surface area contributed by atoms with Gasteiger partial charge in [0, 0.05) is 13.0 Å². The van der Waals surface area contributed by atoms with Crippen molar-refractivity contribution in [3.63, 3.8) is 0 Å². The topological polar surface area (TPSA) is 92.7 Å². The van der Waals surface area contributed by atoms with Crippen molar-refractivity contribution in [2.45, 2.75) is 17.7 Å². The number of terminal acetylenes is 1. The van der Waals surface area contributed by atoms with E-state index in [4.69, 9.17) is 16.3 Å². The molecule has 0 heterocycles. The van der Waals surface area contributed by atoms with Gasteiger partial charge in [-0.05, 0) is 30.7 Å². The van der Waals surface area contributed by atoms with Crippen molar-refractivity contribution in [3.8, 4) is 18.1 Å². The largest absolute Gasteiger partial charge is 0.482 e. The summed E-state index contributed by atoms with van der Waals surface area (Å²) in [7, 11) is -3.58. The van der Waals surface area contributed by atoms with Crippen LogP contribution in [-0.2, 0) is 14.8 Å². The van der Waals surface area contributed by atoms with Gasteiger partial charge >= 0.3 is 5.97 Å². The second kappa shape index (κ2) is 7.53. The van der Waals surface area contributed by atoms with E-state index < -0.39 is 22.6 Å². The van der Waals surface area contributed by atoms with E-state index in [-0.39, 0.29) is 11.4 Å². The number of carboxylic acid groups (broad SMARTS) is 1. The van der Waals surface area contributed by atoms with Gasteiger partial charge in [-0.3, -0.25) is 0 Å². The van der Waals surface area contributed by atoms with Crippen LogP contribution in [0.3, 0.4) is 0 Å². The second-order valence-electron chi connectivity index (χ2n) is 3.86. The van der Waals surface area contributed by atoms with Gasteiger partial charge in [-0.1, -0.05) is 0 Å². The van der Waals surface area contributed by atoms with Gasteiger partial charge in [-0.2, -0.15) is 0 Å². The highest BCUT2D eigenvalue weighted by atomic mass is 32.2. The highest BCUT2D eigenvalue weighted by Crippen LogP contribution is 2.15. The molecule has 0 aliphatic heterocycles. The number of ether oxygens (including phenoxy) is 1. The molecule has 108 valence electrons. The number of hydrogen-bond donors (Lipinski definition) is 2. The van der Waals surface area contributed by atoms with Crippen LogP contribution in [-0.4, -0.2) is 32.6 Å². The highest BCUT2D eigenvalue weighted by molar-refractivity contribution is 7.89. The number of aliphatic carboxylic acids is 1. The van der Waals surface area contributed by atoms with Crippen LogP contribution in [0.2, 0.25) is 0 Å². The number of benzene rings is 1. The van der Waals surface area contributed by atoms with Crippen molar-refractivity contribution >= 4 is 16.0 Å². The smallest absolute Gasteiger partial charge is 0.341 e. The lowest BCUT2D eigenvalue weighted by molar-refractivity contribution is -0.139. The molecule has 0 atom stereocenters. The SMILES string of the molecule is C#CCCCNS(=O)(=O)c1ccc(OCC(=O)O)cc1. The molecule has 0 amide bonds. The van der Waals surface area contributed by atoms with E-state index in [1.807, 2.05) is 0 Å². The molecule has 1 aromatic carbocycles. The molecule has 0 saturated carbocycles. The summed E-state index contributed by atoms with van der Waals surface area (Å²) in [6.45, 7) is -0.208. The standard InChI is InChI=1S/C13H15NO5S/c1-2-3-4-9-14-20(17,18)12-7-5-11(6-8-12)19-10-13(15)16/h1,5-8,14H,3-4,9-10H2,(H,15,16). The van der Waals surface area contributed by atoms with Crippen molar-refractivity contribution in [1.29, 1.82) is 0 Å². The molecule has 0 saturated heterocycles. The average molecular weight is 297 g/mol. The number of sulfonamides is 1. The monoisotopic (exact) mass is 297 g/mol. The number of unbranched alkanes of at least 4 members (excludes halogenated alkanes) is 1. The highest BCUT2D eigenvalue weighted by Gasteiger charge is 2.13. The summed E-state index contributed by atoms with van der Waals surface area (Å²) >= 11 is 0. The molecule has 0 unspecified atom stereocenters. The van der Waals surface area contributed by atoms with Crippen molar-refractivity contribution < 1.29 is 23.1 Å². The molecular formula is C13H15NO5S. The lowest BCUT2D eigenvalue weighted by atomic mass is 10.3. The Kier molecular flexibility index (Phi) is 6.03. The van der Waals surface area contributed by atoms with Crippen LogP contribution in [0.1, 0.15) is 12.8 Å². The van der Waals surface area contributed by atoms with E-state index in [0.717, 1.165) is 0 Å². The lowest BCUT2D eigenvalue weighted by Gasteiger charge is -2.07. The van der Waals surface area contributed by atoms with Crippen LogP contribution in [0.15, 0.2) is 29.2 Å². The number of rotatable bonds is 8. The maximum atomic E-state index is 11.9. The molecule has 0 aliphatic carbocycles. The Morgan fingerprint density at radius 2 is 2.00 bits per heavy atom. The van der Waals surface area contributed by atoms with Gasteiger partial charge in [0.2, 0.25) is 10.0 Å². The van der Waals surface area contributed by atoms with E-state index >= 15 is 0 Å². The molecule has 20 heavy (non-hydrogen) atoms.